The van der Waals surface area contributed by atoms with Gasteiger partial charge in [0.15, 0.2) is 0 Å². The zero-order valence-corrected chi connectivity index (χ0v) is 14.6. The van der Waals surface area contributed by atoms with Gasteiger partial charge in [-0.2, -0.15) is 0 Å². The molecule has 0 aliphatic heterocycles. The van der Waals surface area contributed by atoms with Crippen molar-refractivity contribution < 1.29 is 4.74 Å². The lowest BCUT2D eigenvalue weighted by Gasteiger charge is -2.09. The molecule has 0 fully saturated rings. The summed E-state index contributed by atoms with van der Waals surface area (Å²) in [6.07, 6.45) is 5.19. The minimum absolute atomic E-state index is 0.495. The molecule has 124 valence electrons. The molecular weight excluding hydrogens is 306 g/mol. The SMILES string of the molecule is CCCCCCNCc1ccc(OCc2ccccc2Cl)cc1. The van der Waals surface area contributed by atoms with Gasteiger partial charge in [0.2, 0.25) is 0 Å². The largest absolute Gasteiger partial charge is 0.489 e. The van der Waals surface area contributed by atoms with Gasteiger partial charge in [-0.25, -0.2) is 0 Å². The van der Waals surface area contributed by atoms with Crippen molar-refractivity contribution in [3.05, 3.63) is 64.7 Å². The summed E-state index contributed by atoms with van der Waals surface area (Å²) in [5.74, 6) is 0.872. The van der Waals surface area contributed by atoms with Crippen molar-refractivity contribution in [2.24, 2.45) is 0 Å². The average Bonchev–Trinajstić information content (AvgIpc) is 2.58. The molecule has 23 heavy (non-hydrogen) atoms. The van der Waals surface area contributed by atoms with E-state index < -0.39 is 0 Å². The summed E-state index contributed by atoms with van der Waals surface area (Å²) < 4.78 is 5.79. The van der Waals surface area contributed by atoms with Crippen molar-refractivity contribution in [1.29, 1.82) is 0 Å². The van der Waals surface area contributed by atoms with Gasteiger partial charge < -0.3 is 10.1 Å². The van der Waals surface area contributed by atoms with Crippen LogP contribution < -0.4 is 10.1 Å². The average molecular weight is 332 g/mol. The number of ether oxygens (including phenoxy) is 1. The van der Waals surface area contributed by atoms with Crippen LogP contribution in [0.2, 0.25) is 5.02 Å². The number of rotatable bonds is 10. The first-order valence-corrected chi connectivity index (χ1v) is 8.83. The summed E-state index contributed by atoms with van der Waals surface area (Å²) in [5, 5.41) is 4.23. The van der Waals surface area contributed by atoms with Crippen LogP contribution in [-0.2, 0) is 13.2 Å². The quantitative estimate of drug-likeness (QED) is 0.573. The normalized spacial score (nSPS) is 10.7. The van der Waals surface area contributed by atoms with E-state index in [1.165, 1.54) is 31.2 Å². The maximum absolute atomic E-state index is 6.13. The maximum Gasteiger partial charge on any atom is 0.119 e. The van der Waals surface area contributed by atoms with Gasteiger partial charge >= 0.3 is 0 Å². The van der Waals surface area contributed by atoms with Gasteiger partial charge in [-0.05, 0) is 36.7 Å². The number of hydrogen-bond donors (Lipinski definition) is 1. The monoisotopic (exact) mass is 331 g/mol. The van der Waals surface area contributed by atoms with E-state index in [1.54, 1.807) is 0 Å². The second-order valence-corrected chi connectivity index (χ2v) is 6.17. The molecule has 0 aliphatic carbocycles. The Balaban J connectivity index is 1.71. The van der Waals surface area contributed by atoms with Gasteiger partial charge in [-0.1, -0.05) is 68.1 Å². The number of halogens is 1. The van der Waals surface area contributed by atoms with Crippen LogP contribution in [0, 0.1) is 0 Å². The highest BCUT2D eigenvalue weighted by Gasteiger charge is 2.01. The predicted molar refractivity (Wildman–Crippen MR) is 98.1 cm³/mol. The Labute approximate surface area is 144 Å². The fourth-order valence-electron chi connectivity index (χ4n) is 2.39. The van der Waals surface area contributed by atoms with E-state index in [-0.39, 0.29) is 0 Å². The molecule has 2 rings (SSSR count). The molecule has 3 heteroatoms. The van der Waals surface area contributed by atoms with Crippen molar-refractivity contribution in [2.75, 3.05) is 6.54 Å². The molecule has 2 aromatic carbocycles. The molecule has 2 aromatic rings. The molecule has 0 amide bonds. The molecule has 0 spiro atoms. The highest BCUT2D eigenvalue weighted by Crippen LogP contribution is 2.19. The Morgan fingerprint density at radius 3 is 2.48 bits per heavy atom. The molecule has 2 nitrogen and oxygen atoms in total. The zero-order chi connectivity index (χ0) is 16.3. The second kappa shape index (κ2) is 10.3. The number of benzene rings is 2. The highest BCUT2D eigenvalue weighted by atomic mass is 35.5. The molecule has 0 saturated heterocycles. The Hall–Kier alpha value is -1.51. The van der Waals surface area contributed by atoms with Crippen molar-refractivity contribution in [3.63, 3.8) is 0 Å². The van der Waals surface area contributed by atoms with Crippen molar-refractivity contribution in [2.45, 2.75) is 45.8 Å². The summed E-state index contributed by atoms with van der Waals surface area (Å²) >= 11 is 6.13. The van der Waals surface area contributed by atoms with Crippen LogP contribution in [0.3, 0.4) is 0 Å². The first-order chi connectivity index (χ1) is 11.3. The van der Waals surface area contributed by atoms with Gasteiger partial charge in [-0.15, -0.1) is 0 Å². The van der Waals surface area contributed by atoms with Gasteiger partial charge in [0.1, 0.15) is 12.4 Å². The molecular formula is C20H26ClNO. The predicted octanol–water partition coefficient (Wildman–Crippen LogP) is 5.59. The second-order valence-electron chi connectivity index (χ2n) is 5.76. The number of hydrogen-bond acceptors (Lipinski definition) is 2. The Kier molecular flexibility index (Phi) is 7.99. The third-order valence-electron chi connectivity index (χ3n) is 3.81. The first-order valence-electron chi connectivity index (χ1n) is 8.45. The molecule has 0 aromatic heterocycles. The molecule has 1 N–H and O–H groups in total. The summed E-state index contributed by atoms with van der Waals surface area (Å²) in [6, 6.07) is 16.0. The van der Waals surface area contributed by atoms with Crippen LogP contribution in [0.25, 0.3) is 0 Å². The van der Waals surface area contributed by atoms with Crippen LogP contribution in [-0.4, -0.2) is 6.54 Å². The van der Waals surface area contributed by atoms with E-state index in [4.69, 9.17) is 16.3 Å². The smallest absolute Gasteiger partial charge is 0.119 e. The van der Waals surface area contributed by atoms with Crippen LogP contribution >= 0.6 is 11.6 Å². The summed E-state index contributed by atoms with van der Waals surface area (Å²) in [5.41, 5.74) is 2.29. The van der Waals surface area contributed by atoms with Crippen molar-refractivity contribution in [1.82, 2.24) is 5.32 Å². The third-order valence-corrected chi connectivity index (χ3v) is 4.18. The summed E-state index contributed by atoms with van der Waals surface area (Å²) in [4.78, 5) is 0. The van der Waals surface area contributed by atoms with Crippen molar-refractivity contribution in [3.8, 4) is 5.75 Å². The van der Waals surface area contributed by atoms with E-state index >= 15 is 0 Å². The zero-order valence-electron chi connectivity index (χ0n) is 13.9. The Morgan fingerprint density at radius 1 is 0.957 bits per heavy atom. The minimum Gasteiger partial charge on any atom is -0.489 e. The van der Waals surface area contributed by atoms with Crippen LogP contribution in [0.1, 0.15) is 43.7 Å². The fourth-order valence-corrected chi connectivity index (χ4v) is 2.58. The molecule has 0 aliphatic rings. The first kappa shape index (κ1) is 17.8. The van der Waals surface area contributed by atoms with Crippen LogP contribution in [0.15, 0.2) is 48.5 Å². The summed E-state index contributed by atoms with van der Waals surface area (Å²) in [7, 11) is 0. The topological polar surface area (TPSA) is 21.3 Å². The van der Waals surface area contributed by atoms with E-state index in [2.05, 4.69) is 24.4 Å². The van der Waals surface area contributed by atoms with E-state index in [0.717, 1.165) is 29.4 Å². The lowest BCUT2D eigenvalue weighted by molar-refractivity contribution is 0.306. The number of unbranched alkanes of at least 4 members (excludes halogenated alkanes) is 3. The lowest BCUT2D eigenvalue weighted by atomic mass is 10.2. The molecule has 0 heterocycles. The molecule has 0 unspecified atom stereocenters. The molecule has 0 atom stereocenters. The van der Waals surface area contributed by atoms with E-state index in [9.17, 15) is 0 Å². The maximum atomic E-state index is 6.13. The lowest BCUT2D eigenvalue weighted by Crippen LogP contribution is -2.14. The third kappa shape index (κ3) is 6.64. The van der Waals surface area contributed by atoms with Gasteiger partial charge in [0.05, 0.1) is 0 Å². The van der Waals surface area contributed by atoms with Gasteiger partial charge in [0, 0.05) is 17.1 Å². The molecule has 0 radical (unpaired) electrons. The van der Waals surface area contributed by atoms with Crippen LogP contribution in [0.4, 0.5) is 0 Å². The summed E-state index contributed by atoms with van der Waals surface area (Å²) in [6.45, 7) is 4.74. The van der Waals surface area contributed by atoms with Crippen molar-refractivity contribution >= 4 is 11.6 Å². The van der Waals surface area contributed by atoms with E-state index in [1.807, 2.05) is 36.4 Å². The molecule has 0 saturated carbocycles. The fraction of sp³-hybridized carbons (Fsp3) is 0.400. The molecule has 0 bridgehead atoms. The Morgan fingerprint density at radius 2 is 1.74 bits per heavy atom. The highest BCUT2D eigenvalue weighted by molar-refractivity contribution is 6.31. The van der Waals surface area contributed by atoms with E-state index in [0.29, 0.717) is 6.61 Å². The number of nitrogens with one attached hydrogen (secondary N) is 1. The van der Waals surface area contributed by atoms with Gasteiger partial charge in [-0.3, -0.25) is 0 Å². The Bertz CT molecular complexity index is 568. The van der Waals surface area contributed by atoms with Gasteiger partial charge in [0.25, 0.3) is 0 Å². The van der Waals surface area contributed by atoms with Crippen LogP contribution in [0.5, 0.6) is 5.75 Å². The minimum atomic E-state index is 0.495. The standard InChI is InChI=1S/C20H26ClNO/c1-2-3-4-7-14-22-15-17-10-12-19(13-11-17)23-16-18-8-5-6-9-20(18)21/h5-6,8-13,22H,2-4,7,14-16H2,1H3.